The molecule has 2 rings (SSSR count). The predicted molar refractivity (Wildman–Crippen MR) is 78.8 cm³/mol. The lowest BCUT2D eigenvalue weighted by Crippen LogP contribution is -2.53. The van der Waals surface area contributed by atoms with Crippen molar-refractivity contribution in [1.82, 2.24) is 0 Å². The Labute approximate surface area is 118 Å². The van der Waals surface area contributed by atoms with Crippen LogP contribution in [-0.2, 0) is 14.0 Å². The summed E-state index contributed by atoms with van der Waals surface area (Å²) >= 11 is 0. The van der Waals surface area contributed by atoms with E-state index in [0.717, 1.165) is 6.42 Å². The van der Waals surface area contributed by atoms with Crippen molar-refractivity contribution in [2.45, 2.75) is 83.4 Å². The number of carbonyl (C=O) groups excluding carboxylic acids is 1. The minimum Gasteiger partial charge on any atom is -0.404 e. The lowest BCUT2D eigenvalue weighted by molar-refractivity contribution is -0.159. The monoisotopic (exact) mass is 284 g/mol. The van der Waals surface area contributed by atoms with Crippen molar-refractivity contribution in [3.8, 4) is 0 Å². The van der Waals surface area contributed by atoms with Crippen LogP contribution in [0.3, 0.4) is 0 Å². The Balaban J connectivity index is 2.17. The highest BCUT2D eigenvalue weighted by atomic mass is 28.4. The van der Waals surface area contributed by atoms with Crippen LogP contribution in [0.15, 0.2) is 0 Å². The minimum absolute atomic E-state index is 0.0321. The smallest absolute Gasteiger partial charge is 0.193 e. The van der Waals surface area contributed by atoms with Gasteiger partial charge in [-0.3, -0.25) is 4.79 Å². The average Bonchev–Trinajstić information content (AvgIpc) is 2.45. The molecule has 0 aromatic carbocycles. The van der Waals surface area contributed by atoms with E-state index in [1.54, 1.807) is 0 Å². The topological polar surface area (TPSA) is 35.5 Å². The van der Waals surface area contributed by atoms with E-state index in [0.29, 0.717) is 12.3 Å². The molecule has 2 fully saturated rings. The summed E-state index contributed by atoms with van der Waals surface area (Å²) in [6.45, 7) is 15.3. The van der Waals surface area contributed by atoms with E-state index in [4.69, 9.17) is 9.16 Å². The van der Waals surface area contributed by atoms with Gasteiger partial charge in [0.15, 0.2) is 14.1 Å². The minimum atomic E-state index is -1.92. The molecule has 0 unspecified atom stereocenters. The van der Waals surface area contributed by atoms with Crippen LogP contribution in [0.5, 0.6) is 0 Å². The Bertz CT molecular complexity index is 385. The molecule has 3 nitrogen and oxygen atoms in total. The van der Waals surface area contributed by atoms with Gasteiger partial charge in [-0.05, 0) is 37.4 Å². The summed E-state index contributed by atoms with van der Waals surface area (Å²) in [4.78, 5) is 12.4. The molecule has 0 N–H and O–H groups in total. The van der Waals surface area contributed by atoms with Gasteiger partial charge in [-0.1, -0.05) is 27.7 Å². The molecule has 4 atom stereocenters. The fraction of sp³-hybridized carbons (Fsp3) is 0.933. The first-order valence-electron chi connectivity index (χ1n) is 7.35. The largest absolute Gasteiger partial charge is 0.404 e. The van der Waals surface area contributed by atoms with Crippen molar-refractivity contribution in [3.05, 3.63) is 0 Å². The molecular weight excluding hydrogens is 256 g/mol. The molecule has 0 saturated carbocycles. The second kappa shape index (κ2) is 4.40. The Kier molecular flexibility index (Phi) is 3.52. The molecular formula is C15H28O3Si. The van der Waals surface area contributed by atoms with Gasteiger partial charge in [-0.2, -0.15) is 0 Å². The Morgan fingerprint density at radius 3 is 2.47 bits per heavy atom. The average molecular weight is 284 g/mol. The molecule has 19 heavy (non-hydrogen) atoms. The van der Waals surface area contributed by atoms with E-state index in [1.165, 1.54) is 0 Å². The normalized spacial score (nSPS) is 39.7. The first-order valence-corrected chi connectivity index (χ1v) is 10.3. The van der Waals surface area contributed by atoms with Crippen LogP contribution >= 0.6 is 0 Å². The zero-order valence-electron chi connectivity index (χ0n) is 13.4. The number of hydrogen-bond acceptors (Lipinski definition) is 3. The molecule has 0 aliphatic carbocycles. The van der Waals surface area contributed by atoms with Crippen LogP contribution in [0, 0.1) is 5.92 Å². The number of carbonyl (C=O) groups is 1. The van der Waals surface area contributed by atoms with Gasteiger partial charge in [0.25, 0.3) is 0 Å². The summed E-state index contributed by atoms with van der Waals surface area (Å²) in [6.07, 6.45) is 1.08. The van der Waals surface area contributed by atoms with E-state index in [1.807, 2.05) is 0 Å². The first-order chi connectivity index (χ1) is 8.46. The molecule has 2 heterocycles. The number of rotatable bonds is 2. The maximum atomic E-state index is 12.4. The van der Waals surface area contributed by atoms with Crippen LogP contribution in [0.4, 0.5) is 0 Å². The van der Waals surface area contributed by atoms with Crippen LogP contribution in [-0.4, -0.2) is 31.9 Å². The molecule has 2 aliphatic rings. The van der Waals surface area contributed by atoms with Gasteiger partial charge in [-0.25, -0.2) is 0 Å². The van der Waals surface area contributed by atoms with E-state index in [2.05, 4.69) is 47.7 Å². The van der Waals surface area contributed by atoms with Gasteiger partial charge in [0.05, 0.1) is 11.7 Å². The highest BCUT2D eigenvalue weighted by molar-refractivity contribution is 6.74. The number of fused-ring (bicyclic) bond motifs is 2. The third-order valence-corrected chi connectivity index (χ3v) is 9.91. The van der Waals surface area contributed by atoms with Gasteiger partial charge >= 0.3 is 0 Å². The standard InChI is InChI=1S/C15H28O3Si/c1-10-8-12-13(11(16)9-15(10,5)17-12)18-19(6,7)14(2,3)4/h10,12-13H,8-9H2,1-7H3/t10-,12+,13+,15+/m1/s1. The molecule has 2 bridgehead atoms. The maximum absolute atomic E-state index is 12.4. The summed E-state index contributed by atoms with van der Waals surface area (Å²) in [5, 5.41) is 0.123. The van der Waals surface area contributed by atoms with Crippen LogP contribution in [0.1, 0.15) is 47.5 Å². The third-order valence-electron chi connectivity index (χ3n) is 5.46. The maximum Gasteiger partial charge on any atom is 0.193 e. The van der Waals surface area contributed by atoms with Gasteiger partial charge in [0, 0.05) is 6.42 Å². The van der Waals surface area contributed by atoms with Crippen LogP contribution in [0.2, 0.25) is 18.1 Å². The van der Waals surface area contributed by atoms with Gasteiger partial charge < -0.3 is 9.16 Å². The van der Waals surface area contributed by atoms with Crippen molar-refractivity contribution < 1.29 is 14.0 Å². The van der Waals surface area contributed by atoms with Crippen LogP contribution in [0.25, 0.3) is 0 Å². The Hall–Kier alpha value is -0.193. The highest BCUT2D eigenvalue weighted by Gasteiger charge is 2.55. The molecule has 110 valence electrons. The zero-order chi connectivity index (χ0) is 14.6. The molecule has 2 aliphatic heterocycles. The van der Waals surface area contributed by atoms with E-state index < -0.39 is 8.32 Å². The Morgan fingerprint density at radius 2 is 1.95 bits per heavy atom. The molecule has 0 spiro atoms. The number of ether oxygens (including phenoxy) is 1. The molecule has 0 aromatic rings. The molecule has 0 radical (unpaired) electrons. The molecule has 2 saturated heterocycles. The fourth-order valence-corrected chi connectivity index (χ4v) is 4.07. The molecule has 4 heteroatoms. The fourth-order valence-electron chi connectivity index (χ4n) is 2.80. The molecule has 0 aromatic heterocycles. The summed E-state index contributed by atoms with van der Waals surface area (Å²) in [7, 11) is -1.92. The summed E-state index contributed by atoms with van der Waals surface area (Å²) in [5.74, 6) is 0.683. The van der Waals surface area contributed by atoms with Gasteiger partial charge in [-0.15, -0.1) is 0 Å². The second-order valence-corrected chi connectivity index (χ2v) is 12.8. The van der Waals surface area contributed by atoms with Crippen molar-refractivity contribution in [3.63, 3.8) is 0 Å². The molecule has 0 amide bonds. The van der Waals surface area contributed by atoms with E-state index in [9.17, 15) is 4.79 Å². The predicted octanol–water partition coefficient (Wildman–Crippen LogP) is 3.53. The highest BCUT2D eigenvalue weighted by Crippen LogP contribution is 2.46. The van der Waals surface area contributed by atoms with Crippen molar-refractivity contribution in [2.24, 2.45) is 5.92 Å². The first kappa shape index (κ1) is 15.2. The van der Waals surface area contributed by atoms with Gasteiger partial charge in [0.1, 0.15) is 6.10 Å². The lowest BCUT2D eigenvalue weighted by atomic mass is 9.88. The number of ketones is 1. The summed E-state index contributed by atoms with van der Waals surface area (Å²) < 4.78 is 12.5. The van der Waals surface area contributed by atoms with Gasteiger partial charge in [0.2, 0.25) is 0 Å². The van der Waals surface area contributed by atoms with E-state index in [-0.39, 0.29) is 28.6 Å². The Morgan fingerprint density at radius 1 is 1.37 bits per heavy atom. The number of hydrogen-bond donors (Lipinski definition) is 0. The van der Waals surface area contributed by atoms with Crippen molar-refractivity contribution in [1.29, 1.82) is 0 Å². The third kappa shape index (κ3) is 2.55. The second-order valence-electron chi connectivity index (χ2n) is 8.05. The quantitative estimate of drug-likeness (QED) is 0.728. The van der Waals surface area contributed by atoms with Crippen LogP contribution < -0.4 is 0 Å². The van der Waals surface area contributed by atoms with Crippen molar-refractivity contribution in [2.75, 3.05) is 0 Å². The zero-order valence-corrected chi connectivity index (χ0v) is 14.4. The summed E-state index contributed by atoms with van der Waals surface area (Å²) in [6, 6.07) is 0. The summed E-state index contributed by atoms with van der Waals surface area (Å²) in [5.41, 5.74) is -0.255. The SMILES string of the molecule is C[C@@H]1C[C@@H]2O[C@@]1(C)CC(=O)[C@@H]2O[Si](C)(C)C(C)(C)C. The lowest BCUT2D eigenvalue weighted by Gasteiger charge is -2.43. The number of Topliss-reactive ketones (excluding diaryl/α,β-unsaturated/α-hetero) is 1. The van der Waals surface area contributed by atoms with Crippen molar-refractivity contribution >= 4 is 14.1 Å². The van der Waals surface area contributed by atoms with E-state index >= 15 is 0 Å².